The Morgan fingerprint density at radius 3 is 3.08 bits per heavy atom. The van der Waals surface area contributed by atoms with E-state index in [1.807, 2.05) is 30.5 Å². The fraction of sp³-hybridized carbons (Fsp3) is 0.316. The van der Waals surface area contributed by atoms with Gasteiger partial charge >= 0.3 is 11.8 Å². The molecule has 0 spiro atoms. The summed E-state index contributed by atoms with van der Waals surface area (Å²) in [5, 5.41) is 7.96. The Labute approximate surface area is 144 Å². The van der Waals surface area contributed by atoms with Crippen LogP contribution < -0.4 is 5.32 Å². The van der Waals surface area contributed by atoms with Crippen LogP contribution >= 0.6 is 0 Å². The van der Waals surface area contributed by atoms with Crippen molar-refractivity contribution in [2.45, 2.75) is 12.8 Å². The number of aromatic nitrogens is 3. The zero-order valence-electron chi connectivity index (χ0n) is 13.6. The minimum atomic E-state index is -0.298. The second-order valence-corrected chi connectivity index (χ2v) is 6.95. The molecular formula is C19H18N4O2. The minimum Gasteiger partial charge on any atom is -0.361 e. The van der Waals surface area contributed by atoms with Crippen LogP contribution in [-0.4, -0.2) is 27.6 Å². The van der Waals surface area contributed by atoms with Crippen molar-refractivity contribution in [3.8, 4) is 11.4 Å². The average Bonchev–Trinajstić information content (AvgIpc) is 3.42. The van der Waals surface area contributed by atoms with Gasteiger partial charge in [0.25, 0.3) is 0 Å². The van der Waals surface area contributed by atoms with Crippen LogP contribution in [0.15, 0.2) is 47.1 Å². The Bertz CT molecular complexity index is 971. The van der Waals surface area contributed by atoms with E-state index in [-0.39, 0.29) is 11.8 Å². The van der Waals surface area contributed by atoms with Crippen molar-refractivity contribution in [2.24, 2.45) is 17.8 Å². The molecule has 3 aromatic rings. The van der Waals surface area contributed by atoms with Gasteiger partial charge < -0.3 is 14.8 Å². The molecule has 2 aliphatic carbocycles. The van der Waals surface area contributed by atoms with E-state index in [2.05, 4.69) is 32.6 Å². The molecule has 0 aliphatic heterocycles. The minimum absolute atomic E-state index is 0.0165. The van der Waals surface area contributed by atoms with E-state index in [1.165, 1.54) is 6.42 Å². The van der Waals surface area contributed by atoms with Crippen LogP contribution in [0, 0.1) is 17.8 Å². The summed E-state index contributed by atoms with van der Waals surface area (Å²) in [6, 6.07) is 7.83. The van der Waals surface area contributed by atoms with Crippen LogP contribution in [-0.2, 0) is 0 Å². The molecule has 6 nitrogen and oxygen atoms in total. The molecule has 126 valence electrons. The Morgan fingerprint density at radius 1 is 1.28 bits per heavy atom. The predicted octanol–water partition coefficient (Wildman–Crippen LogP) is 3.16. The molecule has 1 fully saturated rings. The number of carbonyl (C=O) groups excluding carboxylic acids is 1. The number of carbonyl (C=O) groups is 1. The number of fused-ring (bicyclic) bond motifs is 3. The van der Waals surface area contributed by atoms with E-state index in [1.54, 1.807) is 0 Å². The topological polar surface area (TPSA) is 83.8 Å². The maximum absolute atomic E-state index is 12.3. The smallest absolute Gasteiger partial charge is 0.316 e. The molecule has 1 aromatic carbocycles. The number of allylic oxidation sites excluding steroid dienone is 2. The van der Waals surface area contributed by atoms with E-state index in [4.69, 9.17) is 4.52 Å². The molecule has 0 radical (unpaired) electrons. The number of benzene rings is 1. The maximum Gasteiger partial charge on any atom is 0.316 e. The fourth-order valence-electron chi connectivity index (χ4n) is 4.05. The van der Waals surface area contributed by atoms with Crippen LogP contribution in [0.2, 0.25) is 0 Å². The van der Waals surface area contributed by atoms with Gasteiger partial charge in [-0.25, -0.2) is 0 Å². The lowest BCUT2D eigenvalue weighted by molar-refractivity contribution is 0.0901. The van der Waals surface area contributed by atoms with Gasteiger partial charge in [-0.2, -0.15) is 4.98 Å². The van der Waals surface area contributed by atoms with Crippen molar-refractivity contribution in [2.75, 3.05) is 6.54 Å². The molecule has 1 amide bonds. The second-order valence-electron chi connectivity index (χ2n) is 6.95. The van der Waals surface area contributed by atoms with Gasteiger partial charge in [-0.05, 0) is 54.9 Å². The fourth-order valence-corrected chi connectivity index (χ4v) is 4.05. The first-order valence-corrected chi connectivity index (χ1v) is 8.64. The van der Waals surface area contributed by atoms with Gasteiger partial charge in [0.1, 0.15) is 0 Å². The molecular weight excluding hydrogens is 316 g/mol. The Kier molecular flexibility index (Phi) is 3.23. The molecule has 5 rings (SSSR count). The summed E-state index contributed by atoms with van der Waals surface area (Å²) in [7, 11) is 0. The Balaban J connectivity index is 1.28. The van der Waals surface area contributed by atoms with Gasteiger partial charge in [0.15, 0.2) is 0 Å². The number of aromatic amines is 1. The number of hydrogen-bond donors (Lipinski definition) is 2. The van der Waals surface area contributed by atoms with Gasteiger partial charge in [0.05, 0.1) is 0 Å². The van der Waals surface area contributed by atoms with E-state index < -0.39 is 0 Å². The number of nitrogens with one attached hydrogen (secondary N) is 2. The van der Waals surface area contributed by atoms with Crippen LogP contribution in [0.3, 0.4) is 0 Å². The van der Waals surface area contributed by atoms with Crippen LogP contribution in [0.25, 0.3) is 22.3 Å². The first-order valence-electron chi connectivity index (χ1n) is 8.64. The summed E-state index contributed by atoms with van der Waals surface area (Å²) in [5.41, 5.74) is 1.87. The summed E-state index contributed by atoms with van der Waals surface area (Å²) in [4.78, 5) is 19.7. The molecule has 2 aromatic heterocycles. The van der Waals surface area contributed by atoms with E-state index in [0.29, 0.717) is 30.1 Å². The SMILES string of the molecule is O=C(NC[C@H]1C[C@@H]2C=C[C@H]1C2)c1nc(-c2ccc3[nH]ccc3c2)no1. The number of nitrogens with zero attached hydrogens (tertiary/aromatic N) is 2. The molecule has 2 N–H and O–H groups in total. The quantitative estimate of drug-likeness (QED) is 0.718. The maximum atomic E-state index is 12.3. The van der Waals surface area contributed by atoms with E-state index >= 15 is 0 Å². The summed E-state index contributed by atoms with van der Waals surface area (Å²) < 4.78 is 5.16. The van der Waals surface area contributed by atoms with Crippen molar-refractivity contribution in [1.29, 1.82) is 0 Å². The van der Waals surface area contributed by atoms with Crippen LogP contribution in [0.4, 0.5) is 0 Å². The van der Waals surface area contributed by atoms with Gasteiger partial charge in [0.2, 0.25) is 5.82 Å². The third-order valence-corrected chi connectivity index (χ3v) is 5.37. The monoisotopic (exact) mass is 334 g/mol. The molecule has 1 saturated carbocycles. The van der Waals surface area contributed by atoms with Crippen molar-refractivity contribution in [1.82, 2.24) is 20.4 Å². The van der Waals surface area contributed by atoms with Gasteiger partial charge in [-0.1, -0.05) is 17.3 Å². The largest absolute Gasteiger partial charge is 0.361 e. The van der Waals surface area contributed by atoms with Crippen LogP contribution in [0.5, 0.6) is 0 Å². The van der Waals surface area contributed by atoms with Gasteiger partial charge in [-0.15, -0.1) is 0 Å². The number of amides is 1. The highest BCUT2D eigenvalue weighted by atomic mass is 16.5. The van der Waals surface area contributed by atoms with Crippen molar-refractivity contribution < 1.29 is 9.32 Å². The number of hydrogen-bond acceptors (Lipinski definition) is 4. The normalized spacial score (nSPS) is 24.2. The lowest BCUT2D eigenvalue weighted by Crippen LogP contribution is -2.31. The van der Waals surface area contributed by atoms with Crippen molar-refractivity contribution in [3.05, 3.63) is 48.5 Å². The van der Waals surface area contributed by atoms with Crippen molar-refractivity contribution >= 4 is 16.8 Å². The molecule has 3 atom stereocenters. The van der Waals surface area contributed by atoms with Crippen LogP contribution in [0.1, 0.15) is 23.5 Å². The lowest BCUT2D eigenvalue weighted by Gasteiger charge is -2.17. The summed E-state index contributed by atoms with van der Waals surface area (Å²) in [6.07, 6.45) is 8.86. The lowest BCUT2D eigenvalue weighted by atomic mass is 9.94. The van der Waals surface area contributed by atoms with E-state index in [0.717, 1.165) is 22.9 Å². The van der Waals surface area contributed by atoms with E-state index in [9.17, 15) is 4.79 Å². The average molecular weight is 334 g/mol. The zero-order valence-corrected chi connectivity index (χ0v) is 13.6. The molecule has 25 heavy (non-hydrogen) atoms. The summed E-state index contributed by atoms with van der Waals surface area (Å²) in [6.45, 7) is 0.664. The Morgan fingerprint density at radius 2 is 2.24 bits per heavy atom. The molecule has 2 heterocycles. The first-order chi connectivity index (χ1) is 12.3. The highest BCUT2D eigenvalue weighted by Crippen LogP contribution is 2.42. The standard InChI is InChI=1S/C19H18N4O2/c24-18(21-10-15-8-11-1-2-12(15)7-11)19-22-17(23-25-19)14-3-4-16-13(9-14)5-6-20-16/h1-6,9,11-12,15,20H,7-8,10H2,(H,21,24)/t11-,12+,15-/m1/s1. The summed E-state index contributed by atoms with van der Waals surface area (Å²) in [5.74, 6) is 1.98. The highest BCUT2D eigenvalue weighted by molar-refractivity contribution is 5.90. The Hall–Kier alpha value is -2.89. The molecule has 2 bridgehead atoms. The van der Waals surface area contributed by atoms with Gasteiger partial charge in [0, 0.05) is 29.2 Å². The number of H-pyrrole nitrogens is 1. The molecule has 6 heteroatoms. The molecule has 0 saturated heterocycles. The third kappa shape index (κ3) is 2.54. The molecule has 0 unspecified atom stereocenters. The predicted molar refractivity (Wildman–Crippen MR) is 92.8 cm³/mol. The highest BCUT2D eigenvalue weighted by Gasteiger charge is 2.35. The third-order valence-electron chi connectivity index (χ3n) is 5.37. The molecule has 2 aliphatic rings. The van der Waals surface area contributed by atoms with Crippen molar-refractivity contribution in [3.63, 3.8) is 0 Å². The first kappa shape index (κ1) is 14.5. The second kappa shape index (κ2) is 5.58. The zero-order chi connectivity index (χ0) is 16.8. The number of rotatable bonds is 4. The summed E-state index contributed by atoms with van der Waals surface area (Å²) >= 11 is 0. The van der Waals surface area contributed by atoms with Gasteiger partial charge in [-0.3, -0.25) is 4.79 Å².